The van der Waals surface area contributed by atoms with Gasteiger partial charge in [-0.2, -0.15) is 0 Å². The first-order valence-electron chi connectivity index (χ1n) is 7.11. The molecule has 0 bridgehead atoms. The van der Waals surface area contributed by atoms with Gasteiger partial charge < -0.3 is 18.9 Å². The zero-order valence-corrected chi connectivity index (χ0v) is 14.1. The number of carbonyl (C=O) groups excluding carboxylic acids is 2. The van der Waals surface area contributed by atoms with E-state index in [-0.39, 0.29) is 39.0 Å². The van der Waals surface area contributed by atoms with Crippen molar-refractivity contribution < 1.29 is 28.5 Å². The van der Waals surface area contributed by atoms with Crippen LogP contribution in [0.5, 0.6) is 0 Å². The minimum absolute atomic E-state index is 0.0420. The third-order valence-electron chi connectivity index (χ3n) is 4.18. The molecule has 0 saturated carbocycles. The van der Waals surface area contributed by atoms with Crippen molar-refractivity contribution in [1.29, 1.82) is 0 Å². The molecule has 2 aliphatic heterocycles. The lowest BCUT2D eigenvalue weighted by Crippen LogP contribution is -2.58. The van der Waals surface area contributed by atoms with Crippen LogP contribution in [0.2, 0.25) is 0 Å². The molecule has 0 aromatic heterocycles. The van der Waals surface area contributed by atoms with Gasteiger partial charge in [-0.1, -0.05) is 0 Å². The Balaban J connectivity index is 2.49. The Morgan fingerprint density at radius 2 is 1.13 bits per heavy atom. The summed E-state index contributed by atoms with van der Waals surface area (Å²) in [7, 11) is 5.98. The predicted molar refractivity (Wildman–Crippen MR) is 77.8 cm³/mol. The van der Waals surface area contributed by atoms with Gasteiger partial charge in [0.15, 0.2) is 11.8 Å². The first-order chi connectivity index (χ1) is 11.0. The standard InChI is InChI=1S/C13H24N4O6/c1-13-10(14(6-20-2)11(18)16(13)8-22-4)15(7-21-3)12(19)17(13)9-23-5/h10H,6-9H2,1-5H3. The molecule has 0 atom stereocenters. The number of fused-ring (bicyclic) bond motifs is 1. The number of hydrogen-bond donors (Lipinski definition) is 0. The molecular weight excluding hydrogens is 308 g/mol. The van der Waals surface area contributed by atoms with Crippen LogP contribution in [0.15, 0.2) is 0 Å². The van der Waals surface area contributed by atoms with Crippen LogP contribution in [0.1, 0.15) is 6.92 Å². The lowest BCUT2D eigenvalue weighted by Gasteiger charge is -2.38. The van der Waals surface area contributed by atoms with Crippen LogP contribution in [0.25, 0.3) is 0 Å². The van der Waals surface area contributed by atoms with Crippen molar-refractivity contribution in [2.45, 2.75) is 18.8 Å². The van der Waals surface area contributed by atoms with E-state index in [9.17, 15) is 9.59 Å². The molecule has 0 aromatic carbocycles. The first kappa shape index (κ1) is 17.7. The van der Waals surface area contributed by atoms with E-state index < -0.39 is 11.8 Å². The Kier molecular flexibility index (Phi) is 5.30. The van der Waals surface area contributed by atoms with Crippen LogP contribution in [0, 0.1) is 0 Å². The molecule has 0 radical (unpaired) electrons. The number of hydrogen-bond acceptors (Lipinski definition) is 6. The Labute approximate surface area is 135 Å². The van der Waals surface area contributed by atoms with Gasteiger partial charge in [0.05, 0.1) is 0 Å². The summed E-state index contributed by atoms with van der Waals surface area (Å²) in [5.41, 5.74) is -0.961. The van der Waals surface area contributed by atoms with E-state index in [2.05, 4.69) is 0 Å². The van der Waals surface area contributed by atoms with Crippen LogP contribution < -0.4 is 0 Å². The summed E-state index contributed by atoms with van der Waals surface area (Å²) >= 11 is 0. The summed E-state index contributed by atoms with van der Waals surface area (Å²) in [6.45, 7) is 1.98. The molecule has 0 aliphatic carbocycles. The number of urea groups is 2. The highest BCUT2D eigenvalue weighted by Crippen LogP contribution is 2.43. The van der Waals surface area contributed by atoms with E-state index in [0.717, 1.165) is 0 Å². The van der Waals surface area contributed by atoms with Crippen molar-refractivity contribution in [3.8, 4) is 0 Å². The Hall–Kier alpha value is -1.62. The normalized spacial score (nSPS) is 27.4. The van der Waals surface area contributed by atoms with Crippen LogP contribution in [0.4, 0.5) is 9.59 Å². The Bertz CT molecular complexity index is 426. The minimum Gasteiger partial charge on any atom is -0.364 e. The summed E-state index contributed by atoms with van der Waals surface area (Å²) in [5.74, 6) is 0. The third-order valence-corrected chi connectivity index (χ3v) is 4.18. The molecule has 2 rings (SSSR count). The fourth-order valence-electron chi connectivity index (χ4n) is 3.25. The molecule has 2 fully saturated rings. The van der Waals surface area contributed by atoms with Gasteiger partial charge in [-0.15, -0.1) is 0 Å². The first-order valence-corrected chi connectivity index (χ1v) is 7.11. The van der Waals surface area contributed by atoms with Crippen LogP contribution in [0.3, 0.4) is 0 Å². The van der Waals surface area contributed by atoms with E-state index in [0.29, 0.717) is 0 Å². The van der Waals surface area contributed by atoms with Crippen molar-refractivity contribution in [2.24, 2.45) is 0 Å². The molecule has 2 aliphatic rings. The number of carbonyl (C=O) groups is 2. The summed E-state index contributed by atoms with van der Waals surface area (Å²) in [6, 6.07) is -0.563. The largest absolute Gasteiger partial charge is 0.364 e. The molecule has 0 spiro atoms. The zero-order chi connectivity index (χ0) is 17.2. The topological polar surface area (TPSA) is 84.0 Å². The average molecular weight is 332 g/mol. The lowest BCUT2D eigenvalue weighted by molar-refractivity contribution is -0.0689. The van der Waals surface area contributed by atoms with Crippen LogP contribution >= 0.6 is 0 Å². The molecular formula is C13H24N4O6. The van der Waals surface area contributed by atoms with E-state index in [1.54, 1.807) is 6.92 Å². The van der Waals surface area contributed by atoms with Gasteiger partial charge >= 0.3 is 12.1 Å². The van der Waals surface area contributed by atoms with E-state index >= 15 is 0 Å². The molecule has 10 heteroatoms. The van der Waals surface area contributed by atoms with Crippen LogP contribution in [-0.2, 0) is 18.9 Å². The van der Waals surface area contributed by atoms with E-state index in [1.807, 2.05) is 0 Å². The molecule has 0 aromatic rings. The van der Waals surface area contributed by atoms with Gasteiger partial charge in [-0.3, -0.25) is 19.6 Å². The summed E-state index contributed by atoms with van der Waals surface area (Å²) in [4.78, 5) is 31.4. The van der Waals surface area contributed by atoms with Crippen LogP contribution in [-0.4, -0.2) is 98.9 Å². The van der Waals surface area contributed by atoms with Crippen molar-refractivity contribution in [1.82, 2.24) is 19.6 Å². The summed E-state index contributed by atoms with van der Waals surface area (Å²) < 4.78 is 20.6. The highest BCUT2D eigenvalue weighted by molar-refractivity contribution is 5.86. The highest BCUT2D eigenvalue weighted by Gasteiger charge is 2.67. The number of methoxy groups -OCH3 is 4. The maximum atomic E-state index is 12.8. The second-order valence-corrected chi connectivity index (χ2v) is 5.50. The molecule has 2 saturated heterocycles. The smallest absolute Gasteiger partial charge is 0.327 e. The fourth-order valence-corrected chi connectivity index (χ4v) is 3.25. The molecule has 23 heavy (non-hydrogen) atoms. The number of ether oxygens (including phenoxy) is 4. The molecule has 132 valence electrons. The zero-order valence-electron chi connectivity index (χ0n) is 14.1. The van der Waals surface area contributed by atoms with Gasteiger partial charge in [0.1, 0.15) is 26.9 Å². The Morgan fingerprint density at radius 1 is 0.783 bits per heavy atom. The predicted octanol–water partition coefficient (Wildman–Crippen LogP) is -0.0805. The molecule has 0 unspecified atom stereocenters. The fraction of sp³-hybridized carbons (Fsp3) is 0.846. The van der Waals surface area contributed by atoms with Gasteiger partial charge in [-0.05, 0) is 6.92 Å². The third kappa shape index (κ3) is 2.51. The second kappa shape index (κ2) is 6.87. The number of nitrogens with zero attached hydrogens (tertiary/aromatic N) is 4. The minimum atomic E-state index is -0.961. The van der Waals surface area contributed by atoms with Crippen molar-refractivity contribution in [3.63, 3.8) is 0 Å². The molecule has 0 N–H and O–H groups in total. The maximum absolute atomic E-state index is 12.8. The van der Waals surface area contributed by atoms with Gasteiger partial charge in [0.2, 0.25) is 0 Å². The van der Waals surface area contributed by atoms with E-state index in [1.165, 1.54) is 48.0 Å². The summed E-state index contributed by atoms with van der Waals surface area (Å²) in [6.07, 6.45) is -0.576. The van der Waals surface area contributed by atoms with Crippen molar-refractivity contribution in [3.05, 3.63) is 0 Å². The summed E-state index contributed by atoms with van der Waals surface area (Å²) in [5, 5.41) is 0. The van der Waals surface area contributed by atoms with Crippen molar-refractivity contribution in [2.75, 3.05) is 55.4 Å². The van der Waals surface area contributed by atoms with Gasteiger partial charge in [-0.25, -0.2) is 9.59 Å². The maximum Gasteiger partial charge on any atom is 0.327 e. The lowest BCUT2D eigenvalue weighted by atomic mass is 10.1. The molecule has 10 nitrogen and oxygen atoms in total. The van der Waals surface area contributed by atoms with Crippen molar-refractivity contribution >= 4 is 12.1 Å². The monoisotopic (exact) mass is 332 g/mol. The number of rotatable bonds is 8. The highest BCUT2D eigenvalue weighted by atomic mass is 16.5. The molecule has 2 heterocycles. The van der Waals surface area contributed by atoms with Gasteiger partial charge in [0, 0.05) is 28.4 Å². The SMILES string of the molecule is COCN1C(=O)N(COC)C2(C)C1N(COC)C(=O)N2COC. The van der Waals surface area contributed by atoms with Gasteiger partial charge in [0.25, 0.3) is 0 Å². The second-order valence-electron chi connectivity index (χ2n) is 5.50. The quantitative estimate of drug-likeness (QED) is 0.618. The number of amides is 4. The average Bonchev–Trinajstić information content (AvgIpc) is 2.85. The molecule has 4 amide bonds. The van der Waals surface area contributed by atoms with E-state index in [4.69, 9.17) is 18.9 Å². The Morgan fingerprint density at radius 3 is 1.43 bits per heavy atom.